The highest BCUT2D eigenvalue weighted by Gasteiger charge is 2.06. The summed E-state index contributed by atoms with van der Waals surface area (Å²) in [5, 5.41) is 5.39. The normalized spacial score (nSPS) is 10.1. The van der Waals surface area contributed by atoms with Gasteiger partial charge >= 0.3 is 6.03 Å². The van der Waals surface area contributed by atoms with Crippen molar-refractivity contribution in [3.05, 3.63) is 57.4 Å². The molecule has 0 aliphatic carbocycles. The molecule has 19 heavy (non-hydrogen) atoms. The summed E-state index contributed by atoms with van der Waals surface area (Å²) < 4.78 is 13.6. The van der Waals surface area contributed by atoms with Gasteiger partial charge in [-0.25, -0.2) is 9.18 Å². The number of halogens is 2. The average Bonchev–Trinajstić information content (AvgIpc) is 2.36. The third-order valence-electron chi connectivity index (χ3n) is 2.49. The maximum Gasteiger partial charge on any atom is 0.323 e. The maximum atomic E-state index is 12.9. The number of rotatable bonds is 2. The molecular weight excluding hydrogens is 358 g/mol. The Balaban J connectivity index is 2.03. The number of carbonyl (C=O) groups excluding carboxylic acids is 1. The van der Waals surface area contributed by atoms with Crippen LogP contribution >= 0.6 is 22.6 Å². The first-order valence-corrected chi connectivity index (χ1v) is 6.72. The minimum atomic E-state index is -0.353. The van der Waals surface area contributed by atoms with E-state index in [0.29, 0.717) is 14.9 Å². The standard InChI is InChI=1S/C14H12FIN2O/c1-9-2-5-11(6-3-9)17-14(19)18-13-7-4-10(15)8-12(13)16/h2-8H,1H3,(H2,17,18,19). The molecular formula is C14H12FIN2O. The predicted molar refractivity (Wildman–Crippen MR) is 82.9 cm³/mol. The second-order valence-corrected chi connectivity index (χ2v) is 5.23. The van der Waals surface area contributed by atoms with E-state index in [2.05, 4.69) is 10.6 Å². The van der Waals surface area contributed by atoms with Gasteiger partial charge in [0.1, 0.15) is 5.82 Å². The molecule has 0 unspecified atom stereocenters. The first-order valence-electron chi connectivity index (χ1n) is 5.64. The van der Waals surface area contributed by atoms with E-state index in [4.69, 9.17) is 0 Å². The number of hydrogen-bond donors (Lipinski definition) is 2. The van der Waals surface area contributed by atoms with Crippen molar-refractivity contribution in [2.75, 3.05) is 10.6 Å². The van der Waals surface area contributed by atoms with Crippen molar-refractivity contribution in [2.45, 2.75) is 6.92 Å². The van der Waals surface area contributed by atoms with Crippen LogP contribution in [0.4, 0.5) is 20.6 Å². The largest absolute Gasteiger partial charge is 0.323 e. The van der Waals surface area contributed by atoms with Crippen LogP contribution in [-0.2, 0) is 0 Å². The zero-order valence-corrected chi connectivity index (χ0v) is 12.4. The predicted octanol–water partition coefficient (Wildman–Crippen LogP) is 4.38. The molecule has 3 nitrogen and oxygen atoms in total. The maximum absolute atomic E-state index is 12.9. The molecule has 0 saturated carbocycles. The Morgan fingerprint density at radius 1 is 1.11 bits per heavy atom. The zero-order valence-electron chi connectivity index (χ0n) is 10.2. The molecule has 2 aromatic rings. The highest BCUT2D eigenvalue weighted by atomic mass is 127. The third-order valence-corrected chi connectivity index (χ3v) is 3.38. The molecule has 5 heteroatoms. The Morgan fingerprint density at radius 3 is 2.42 bits per heavy atom. The topological polar surface area (TPSA) is 41.1 Å². The van der Waals surface area contributed by atoms with Crippen LogP contribution in [0.25, 0.3) is 0 Å². The molecule has 2 N–H and O–H groups in total. The van der Waals surface area contributed by atoms with E-state index in [1.165, 1.54) is 18.2 Å². The fourth-order valence-corrected chi connectivity index (χ4v) is 2.12. The zero-order chi connectivity index (χ0) is 13.8. The van der Waals surface area contributed by atoms with E-state index in [1.54, 1.807) is 0 Å². The van der Waals surface area contributed by atoms with Crippen LogP contribution in [0.15, 0.2) is 42.5 Å². The number of amides is 2. The molecule has 2 rings (SSSR count). The molecule has 0 bridgehead atoms. The highest BCUT2D eigenvalue weighted by Crippen LogP contribution is 2.19. The molecule has 0 saturated heterocycles. The molecule has 0 atom stereocenters. The van der Waals surface area contributed by atoms with E-state index >= 15 is 0 Å². The number of aryl methyl sites for hydroxylation is 1. The first-order chi connectivity index (χ1) is 9.04. The lowest BCUT2D eigenvalue weighted by Gasteiger charge is -2.09. The summed E-state index contributed by atoms with van der Waals surface area (Å²) in [5.41, 5.74) is 2.41. The summed E-state index contributed by atoms with van der Waals surface area (Å²) in [6, 6.07) is 11.3. The van der Waals surface area contributed by atoms with E-state index < -0.39 is 0 Å². The Hall–Kier alpha value is -1.63. The molecule has 0 heterocycles. The monoisotopic (exact) mass is 370 g/mol. The Bertz CT molecular complexity index is 599. The second-order valence-electron chi connectivity index (χ2n) is 4.07. The van der Waals surface area contributed by atoms with Gasteiger partial charge in [-0.05, 0) is 59.8 Å². The third kappa shape index (κ3) is 3.92. The number of anilines is 2. The van der Waals surface area contributed by atoms with Gasteiger partial charge in [0.15, 0.2) is 0 Å². The first kappa shape index (κ1) is 13.8. The van der Waals surface area contributed by atoms with Crippen molar-refractivity contribution >= 4 is 40.0 Å². The van der Waals surface area contributed by atoms with Crippen molar-refractivity contribution in [1.29, 1.82) is 0 Å². The summed E-state index contributed by atoms with van der Waals surface area (Å²) >= 11 is 1.97. The van der Waals surface area contributed by atoms with Gasteiger partial charge in [-0.15, -0.1) is 0 Å². The summed E-state index contributed by atoms with van der Waals surface area (Å²) in [4.78, 5) is 11.8. The van der Waals surface area contributed by atoms with Gasteiger partial charge in [0, 0.05) is 9.26 Å². The molecule has 0 aliphatic rings. The average molecular weight is 370 g/mol. The highest BCUT2D eigenvalue weighted by molar-refractivity contribution is 14.1. The number of carbonyl (C=O) groups is 1. The number of benzene rings is 2. The lowest BCUT2D eigenvalue weighted by atomic mass is 10.2. The fourth-order valence-electron chi connectivity index (χ4n) is 1.51. The minimum absolute atomic E-state index is 0.325. The molecule has 0 fully saturated rings. The van der Waals surface area contributed by atoms with Gasteiger partial charge in [0.25, 0.3) is 0 Å². The Kier molecular flexibility index (Phi) is 4.36. The van der Waals surface area contributed by atoms with E-state index in [1.807, 2.05) is 53.8 Å². The lowest BCUT2D eigenvalue weighted by molar-refractivity contribution is 0.262. The van der Waals surface area contributed by atoms with Gasteiger partial charge < -0.3 is 10.6 Å². The molecule has 0 spiro atoms. The number of hydrogen-bond acceptors (Lipinski definition) is 1. The van der Waals surface area contributed by atoms with Crippen LogP contribution in [0.2, 0.25) is 0 Å². The van der Waals surface area contributed by atoms with Crippen molar-refractivity contribution in [3.8, 4) is 0 Å². The van der Waals surface area contributed by atoms with Crippen LogP contribution in [-0.4, -0.2) is 6.03 Å². The molecule has 2 amide bonds. The summed E-state index contributed by atoms with van der Waals surface area (Å²) in [6.45, 7) is 1.98. The van der Waals surface area contributed by atoms with Crippen LogP contribution in [0.3, 0.4) is 0 Å². The lowest BCUT2D eigenvalue weighted by Crippen LogP contribution is -2.20. The Labute approximate surface area is 124 Å². The summed E-state index contributed by atoms with van der Waals surface area (Å²) in [7, 11) is 0. The van der Waals surface area contributed by atoms with Gasteiger partial charge in [-0.1, -0.05) is 17.7 Å². The SMILES string of the molecule is Cc1ccc(NC(=O)Nc2ccc(F)cc2I)cc1. The number of urea groups is 1. The molecule has 98 valence electrons. The smallest absolute Gasteiger partial charge is 0.308 e. The van der Waals surface area contributed by atoms with Gasteiger partial charge in [-0.3, -0.25) is 0 Å². The van der Waals surface area contributed by atoms with Crippen LogP contribution < -0.4 is 10.6 Å². The molecule has 0 aromatic heterocycles. The summed E-state index contributed by atoms with van der Waals surface area (Å²) in [5.74, 6) is -0.325. The van der Waals surface area contributed by atoms with Crippen LogP contribution in [0, 0.1) is 16.3 Å². The fraction of sp³-hybridized carbons (Fsp3) is 0.0714. The van der Waals surface area contributed by atoms with Crippen LogP contribution in [0.5, 0.6) is 0 Å². The van der Waals surface area contributed by atoms with Gasteiger partial charge in [0.2, 0.25) is 0 Å². The molecule has 0 aliphatic heterocycles. The van der Waals surface area contributed by atoms with Crippen molar-refractivity contribution < 1.29 is 9.18 Å². The van der Waals surface area contributed by atoms with E-state index in [9.17, 15) is 9.18 Å². The van der Waals surface area contributed by atoms with Crippen molar-refractivity contribution in [2.24, 2.45) is 0 Å². The summed E-state index contributed by atoms with van der Waals surface area (Å²) in [6.07, 6.45) is 0. The number of nitrogens with one attached hydrogen (secondary N) is 2. The van der Waals surface area contributed by atoms with E-state index in [0.717, 1.165) is 5.56 Å². The van der Waals surface area contributed by atoms with Crippen molar-refractivity contribution in [3.63, 3.8) is 0 Å². The van der Waals surface area contributed by atoms with Crippen LogP contribution in [0.1, 0.15) is 5.56 Å². The minimum Gasteiger partial charge on any atom is -0.308 e. The Morgan fingerprint density at radius 2 is 1.79 bits per heavy atom. The quantitative estimate of drug-likeness (QED) is 0.757. The van der Waals surface area contributed by atoms with Crippen molar-refractivity contribution in [1.82, 2.24) is 0 Å². The van der Waals surface area contributed by atoms with E-state index in [-0.39, 0.29) is 11.8 Å². The van der Waals surface area contributed by atoms with Gasteiger partial charge in [0.05, 0.1) is 5.69 Å². The second kappa shape index (κ2) is 6.01. The molecule has 2 aromatic carbocycles. The van der Waals surface area contributed by atoms with Gasteiger partial charge in [-0.2, -0.15) is 0 Å². The molecule has 0 radical (unpaired) electrons.